The van der Waals surface area contributed by atoms with Crippen molar-refractivity contribution in [2.45, 2.75) is 6.18 Å². The predicted octanol–water partition coefficient (Wildman–Crippen LogP) is 3.82. The molecule has 0 N–H and O–H groups in total. The quantitative estimate of drug-likeness (QED) is 0.452. The van der Waals surface area contributed by atoms with E-state index in [9.17, 15) is 23.3 Å². The standard InChI is InChI=1S/C10H4ClF3N2O2/c11-9-4-7(10(12,13)14)6-3-5(16(17)18)1-2-8(6)15-9/h1-4H. The zero-order chi connectivity index (χ0) is 13.5. The maximum Gasteiger partial charge on any atom is 0.417 e. The van der Waals surface area contributed by atoms with Crippen molar-refractivity contribution in [3.05, 3.63) is 45.1 Å². The van der Waals surface area contributed by atoms with Crippen LogP contribution in [0.25, 0.3) is 10.9 Å². The molecule has 0 fully saturated rings. The van der Waals surface area contributed by atoms with Crippen LogP contribution in [-0.2, 0) is 6.18 Å². The van der Waals surface area contributed by atoms with Gasteiger partial charge in [0.25, 0.3) is 5.69 Å². The predicted molar refractivity (Wildman–Crippen MR) is 58.4 cm³/mol. The topological polar surface area (TPSA) is 56.0 Å². The van der Waals surface area contributed by atoms with Gasteiger partial charge in [-0.3, -0.25) is 10.1 Å². The van der Waals surface area contributed by atoms with Gasteiger partial charge in [-0.2, -0.15) is 13.2 Å². The Morgan fingerprint density at radius 3 is 2.50 bits per heavy atom. The number of alkyl halides is 3. The fourth-order valence-corrected chi connectivity index (χ4v) is 1.73. The van der Waals surface area contributed by atoms with Gasteiger partial charge in [0.15, 0.2) is 0 Å². The number of nitro benzene ring substituents is 1. The third kappa shape index (κ3) is 2.21. The van der Waals surface area contributed by atoms with Gasteiger partial charge in [0, 0.05) is 17.5 Å². The number of halogens is 4. The van der Waals surface area contributed by atoms with E-state index in [-0.39, 0.29) is 16.1 Å². The smallest absolute Gasteiger partial charge is 0.258 e. The fourth-order valence-electron chi connectivity index (χ4n) is 1.53. The lowest BCUT2D eigenvalue weighted by atomic mass is 10.1. The van der Waals surface area contributed by atoms with E-state index in [1.165, 1.54) is 0 Å². The number of nitrogens with zero attached hydrogens (tertiary/aromatic N) is 2. The maximum atomic E-state index is 12.8. The van der Waals surface area contributed by atoms with Gasteiger partial charge in [-0.1, -0.05) is 11.6 Å². The second-order valence-electron chi connectivity index (χ2n) is 3.45. The largest absolute Gasteiger partial charge is 0.417 e. The Kier molecular flexibility index (Phi) is 2.86. The van der Waals surface area contributed by atoms with E-state index < -0.39 is 22.4 Å². The van der Waals surface area contributed by atoms with Crippen molar-refractivity contribution in [3.8, 4) is 0 Å². The molecule has 0 atom stereocenters. The van der Waals surface area contributed by atoms with E-state index in [1.54, 1.807) is 0 Å². The summed E-state index contributed by atoms with van der Waals surface area (Å²) in [6.45, 7) is 0. The molecular weight excluding hydrogens is 273 g/mol. The number of fused-ring (bicyclic) bond motifs is 1. The lowest BCUT2D eigenvalue weighted by Crippen LogP contribution is -2.06. The van der Waals surface area contributed by atoms with E-state index in [4.69, 9.17) is 11.6 Å². The van der Waals surface area contributed by atoms with Crippen molar-refractivity contribution in [3.63, 3.8) is 0 Å². The summed E-state index contributed by atoms with van der Waals surface area (Å²) in [6, 6.07) is 3.69. The molecule has 0 spiro atoms. The minimum atomic E-state index is -4.65. The summed E-state index contributed by atoms with van der Waals surface area (Å²) in [4.78, 5) is 13.5. The van der Waals surface area contributed by atoms with Crippen molar-refractivity contribution in [1.82, 2.24) is 4.98 Å². The molecule has 0 saturated carbocycles. The number of hydrogen-bond donors (Lipinski definition) is 0. The van der Waals surface area contributed by atoms with Gasteiger partial charge in [0.2, 0.25) is 0 Å². The molecule has 18 heavy (non-hydrogen) atoms. The molecule has 0 aliphatic rings. The summed E-state index contributed by atoms with van der Waals surface area (Å²) in [7, 11) is 0. The van der Waals surface area contributed by atoms with Gasteiger partial charge in [-0.15, -0.1) is 0 Å². The molecule has 0 aliphatic carbocycles. The van der Waals surface area contributed by atoms with E-state index >= 15 is 0 Å². The molecule has 0 radical (unpaired) electrons. The van der Waals surface area contributed by atoms with E-state index in [0.717, 1.165) is 18.2 Å². The number of hydrogen-bond acceptors (Lipinski definition) is 3. The molecule has 0 aliphatic heterocycles. The van der Waals surface area contributed by atoms with E-state index in [0.29, 0.717) is 6.07 Å². The number of nitro groups is 1. The Hall–Kier alpha value is -1.89. The lowest BCUT2D eigenvalue weighted by Gasteiger charge is -2.10. The van der Waals surface area contributed by atoms with Crippen LogP contribution in [0.3, 0.4) is 0 Å². The minimum absolute atomic E-state index is 0.0413. The van der Waals surface area contributed by atoms with Crippen molar-refractivity contribution in [1.29, 1.82) is 0 Å². The molecule has 1 aromatic heterocycles. The molecule has 1 heterocycles. The highest BCUT2D eigenvalue weighted by atomic mass is 35.5. The van der Waals surface area contributed by atoms with E-state index in [2.05, 4.69) is 4.98 Å². The van der Waals surface area contributed by atoms with Crippen LogP contribution in [0.1, 0.15) is 5.56 Å². The first-order valence-electron chi connectivity index (χ1n) is 4.61. The van der Waals surface area contributed by atoms with Gasteiger partial charge < -0.3 is 0 Å². The monoisotopic (exact) mass is 276 g/mol. The van der Waals surface area contributed by atoms with Crippen LogP contribution in [0.2, 0.25) is 5.15 Å². The van der Waals surface area contributed by atoms with Crippen LogP contribution in [0, 0.1) is 10.1 Å². The van der Waals surface area contributed by atoms with Gasteiger partial charge >= 0.3 is 6.18 Å². The summed E-state index contributed by atoms with van der Waals surface area (Å²) in [5.74, 6) is 0. The Morgan fingerprint density at radius 2 is 1.94 bits per heavy atom. The Labute approximate surface area is 103 Å². The number of benzene rings is 1. The minimum Gasteiger partial charge on any atom is -0.258 e. The first-order chi connectivity index (χ1) is 8.29. The van der Waals surface area contributed by atoms with Gasteiger partial charge in [-0.05, 0) is 12.1 Å². The second-order valence-corrected chi connectivity index (χ2v) is 3.84. The molecule has 0 unspecified atom stereocenters. The van der Waals surface area contributed by atoms with Gasteiger partial charge in [-0.25, -0.2) is 4.98 Å². The summed E-state index contributed by atoms with van der Waals surface area (Å²) in [6.07, 6.45) is -4.65. The van der Waals surface area contributed by atoms with Gasteiger partial charge in [0.1, 0.15) is 5.15 Å². The molecule has 0 bridgehead atoms. The Morgan fingerprint density at radius 1 is 1.28 bits per heavy atom. The molecule has 94 valence electrons. The molecule has 4 nitrogen and oxygen atoms in total. The van der Waals surface area contributed by atoms with Crippen molar-refractivity contribution in [2.24, 2.45) is 0 Å². The molecule has 1 aromatic carbocycles. The normalized spacial score (nSPS) is 11.8. The summed E-state index contributed by atoms with van der Waals surface area (Å²) in [5.41, 5.74) is -1.52. The SMILES string of the molecule is O=[N+]([O-])c1ccc2nc(Cl)cc(C(F)(F)F)c2c1. The number of rotatable bonds is 1. The average molecular weight is 277 g/mol. The summed E-state index contributed by atoms with van der Waals surface area (Å²) in [5, 5.41) is 9.89. The first-order valence-corrected chi connectivity index (χ1v) is 4.99. The van der Waals surface area contributed by atoms with Crippen LogP contribution < -0.4 is 0 Å². The fraction of sp³-hybridized carbons (Fsp3) is 0.100. The van der Waals surface area contributed by atoms with Crippen LogP contribution in [0.15, 0.2) is 24.3 Å². The van der Waals surface area contributed by atoms with Crippen LogP contribution in [0.5, 0.6) is 0 Å². The zero-order valence-electron chi connectivity index (χ0n) is 8.53. The highest BCUT2D eigenvalue weighted by Crippen LogP contribution is 2.36. The van der Waals surface area contributed by atoms with Crippen molar-refractivity contribution < 1.29 is 18.1 Å². The zero-order valence-corrected chi connectivity index (χ0v) is 9.29. The van der Waals surface area contributed by atoms with Crippen molar-refractivity contribution >= 4 is 28.2 Å². The number of pyridine rings is 1. The van der Waals surface area contributed by atoms with Crippen molar-refractivity contribution in [2.75, 3.05) is 0 Å². The average Bonchev–Trinajstić information content (AvgIpc) is 2.25. The summed E-state index contributed by atoms with van der Waals surface area (Å²) < 4.78 is 38.3. The summed E-state index contributed by atoms with van der Waals surface area (Å²) >= 11 is 5.49. The lowest BCUT2D eigenvalue weighted by molar-refractivity contribution is -0.384. The first kappa shape index (κ1) is 12.6. The molecule has 2 rings (SSSR count). The highest BCUT2D eigenvalue weighted by molar-refractivity contribution is 6.30. The second kappa shape index (κ2) is 4.09. The molecule has 0 amide bonds. The Bertz CT molecular complexity index is 643. The maximum absolute atomic E-state index is 12.8. The molecular formula is C10H4ClF3N2O2. The number of non-ortho nitro benzene ring substituents is 1. The number of aromatic nitrogens is 1. The highest BCUT2D eigenvalue weighted by Gasteiger charge is 2.33. The van der Waals surface area contributed by atoms with Crippen LogP contribution >= 0.6 is 11.6 Å². The Balaban J connectivity index is 2.82. The third-order valence-electron chi connectivity index (χ3n) is 2.28. The third-order valence-corrected chi connectivity index (χ3v) is 2.47. The van der Waals surface area contributed by atoms with E-state index in [1.807, 2.05) is 0 Å². The van der Waals surface area contributed by atoms with Gasteiger partial charge in [0.05, 0.1) is 16.0 Å². The molecule has 0 saturated heterocycles. The molecule has 2 aromatic rings. The van der Waals surface area contributed by atoms with Crippen LogP contribution in [-0.4, -0.2) is 9.91 Å². The molecule has 8 heteroatoms. The van der Waals surface area contributed by atoms with Crippen LogP contribution in [0.4, 0.5) is 18.9 Å².